The van der Waals surface area contributed by atoms with Gasteiger partial charge in [-0.25, -0.2) is 4.98 Å². The Morgan fingerprint density at radius 1 is 0.821 bits per heavy atom. The fourth-order valence-corrected chi connectivity index (χ4v) is 6.71. The molecule has 5 heteroatoms. The van der Waals surface area contributed by atoms with Crippen LogP contribution in [0.1, 0.15) is 94.7 Å². The average Bonchev–Trinajstić information content (AvgIpc) is 3.36. The molecule has 0 bridgehead atoms. The van der Waals surface area contributed by atoms with Gasteiger partial charge in [0.15, 0.2) is 0 Å². The lowest BCUT2D eigenvalue weighted by atomic mass is 9.71. The van der Waals surface area contributed by atoms with Gasteiger partial charge in [-0.05, 0) is 70.9 Å². The summed E-state index contributed by atoms with van der Waals surface area (Å²) < 4.78 is 0. The van der Waals surface area contributed by atoms with E-state index in [2.05, 4.69) is 10.2 Å². The van der Waals surface area contributed by atoms with Crippen LogP contribution in [0.15, 0.2) is 0 Å². The second-order valence-electron chi connectivity index (χ2n) is 10.0. The minimum absolute atomic E-state index is 0.164. The molecule has 2 heterocycles. The third-order valence-corrected chi connectivity index (χ3v) is 8.09. The summed E-state index contributed by atoms with van der Waals surface area (Å²) >= 11 is 0. The standard InChI is InChI=1S/C23H37N5/c24-21-25-19-18(9-8-12-22(19)10-4-5-11-22)20(26-21)27-23(13-2-1-3-14-23)17-28-15-6-7-16-28/h1-17H2,(H3,24,25,26,27). The van der Waals surface area contributed by atoms with Crippen LogP contribution in [0.2, 0.25) is 0 Å². The molecular weight excluding hydrogens is 346 g/mol. The molecule has 1 spiro atoms. The number of aromatic nitrogens is 2. The highest BCUT2D eigenvalue weighted by Crippen LogP contribution is 2.49. The summed E-state index contributed by atoms with van der Waals surface area (Å²) in [7, 11) is 0. The molecule has 3 fully saturated rings. The van der Waals surface area contributed by atoms with Gasteiger partial charge in [0, 0.05) is 17.5 Å². The number of nitrogens with one attached hydrogen (secondary N) is 1. The number of likely N-dealkylation sites (tertiary alicyclic amines) is 1. The van der Waals surface area contributed by atoms with E-state index < -0.39 is 0 Å². The Labute approximate surface area is 169 Å². The lowest BCUT2D eigenvalue weighted by molar-refractivity contribution is 0.214. The molecule has 5 nitrogen and oxygen atoms in total. The molecule has 1 aromatic rings. The number of nitrogens with two attached hydrogens (primary N) is 1. The molecule has 0 aromatic carbocycles. The smallest absolute Gasteiger partial charge is 0.222 e. The minimum atomic E-state index is 0.164. The van der Waals surface area contributed by atoms with Crippen LogP contribution in [0.5, 0.6) is 0 Å². The van der Waals surface area contributed by atoms with Crippen molar-refractivity contribution >= 4 is 11.8 Å². The maximum atomic E-state index is 6.27. The topological polar surface area (TPSA) is 67.1 Å². The summed E-state index contributed by atoms with van der Waals surface area (Å²) in [6, 6.07) is 0. The molecule has 1 aliphatic heterocycles. The van der Waals surface area contributed by atoms with Crippen LogP contribution in [0, 0.1) is 0 Å². The van der Waals surface area contributed by atoms with Gasteiger partial charge in [0.25, 0.3) is 0 Å². The Kier molecular flexibility index (Phi) is 4.98. The highest BCUT2D eigenvalue weighted by atomic mass is 15.2. The van der Waals surface area contributed by atoms with Gasteiger partial charge in [0.1, 0.15) is 5.82 Å². The number of nitrogens with zero attached hydrogens (tertiary/aromatic N) is 3. The molecule has 0 unspecified atom stereocenters. The number of nitrogen functional groups attached to an aromatic ring is 1. The van der Waals surface area contributed by atoms with Gasteiger partial charge in [0.05, 0.1) is 11.2 Å². The van der Waals surface area contributed by atoms with E-state index in [1.165, 1.54) is 108 Å². The van der Waals surface area contributed by atoms with Crippen molar-refractivity contribution in [1.29, 1.82) is 0 Å². The third-order valence-electron chi connectivity index (χ3n) is 8.09. The molecule has 1 aromatic heterocycles. The number of hydrogen-bond donors (Lipinski definition) is 2. The van der Waals surface area contributed by atoms with Crippen molar-refractivity contribution in [2.24, 2.45) is 0 Å². The second kappa shape index (κ2) is 7.47. The van der Waals surface area contributed by atoms with E-state index in [9.17, 15) is 0 Å². The first-order valence-corrected chi connectivity index (χ1v) is 11.9. The molecule has 0 radical (unpaired) electrons. The molecule has 0 atom stereocenters. The summed E-state index contributed by atoms with van der Waals surface area (Å²) in [4.78, 5) is 12.3. The monoisotopic (exact) mass is 383 g/mol. The van der Waals surface area contributed by atoms with Crippen LogP contribution in [-0.4, -0.2) is 40.0 Å². The zero-order valence-electron chi connectivity index (χ0n) is 17.4. The fourth-order valence-electron chi connectivity index (χ4n) is 6.71. The summed E-state index contributed by atoms with van der Waals surface area (Å²) in [6.45, 7) is 3.68. The number of fused-ring (bicyclic) bond motifs is 2. The molecule has 5 rings (SSSR count). The van der Waals surface area contributed by atoms with Crippen LogP contribution in [0.3, 0.4) is 0 Å². The van der Waals surface area contributed by atoms with Crippen LogP contribution in [-0.2, 0) is 11.8 Å². The highest BCUT2D eigenvalue weighted by molar-refractivity contribution is 5.55. The number of hydrogen-bond acceptors (Lipinski definition) is 5. The Bertz CT molecular complexity index is 697. The summed E-state index contributed by atoms with van der Waals surface area (Å²) in [5.41, 5.74) is 9.43. The first-order chi connectivity index (χ1) is 13.7. The van der Waals surface area contributed by atoms with Crippen molar-refractivity contribution in [2.45, 2.75) is 101 Å². The largest absolute Gasteiger partial charge is 0.368 e. The van der Waals surface area contributed by atoms with Crippen LogP contribution in [0.25, 0.3) is 0 Å². The van der Waals surface area contributed by atoms with Crippen molar-refractivity contribution in [3.63, 3.8) is 0 Å². The molecule has 28 heavy (non-hydrogen) atoms. The first kappa shape index (κ1) is 18.7. The van der Waals surface area contributed by atoms with E-state index in [1.807, 2.05) is 0 Å². The van der Waals surface area contributed by atoms with E-state index in [0.29, 0.717) is 5.95 Å². The van der Waals surface area contributed by atoms with Gasteiger partial charge in [-0.3, -0.25) is 0 Å². The first-order valence-electron chi connectivity index (χ1n) is 11.9. The Morgan fingerprint density at radius 3 is 2.25 bits per heavy atom. The van der Waals surface area contributed by atoms with E-state index in [-0.39, 0.29) is 11.0 Å². The normalized spacial score (nSPS) is 26.4. The van der Waals surface area contributed by atoms with E-state index in [0.717, 1.165) is 18.8 Å². The van der Waals surface area contributed by atoms with E-state index in [4.69, 9.17) is 15.7 Å². The van der Waals surface area contributed by atoms with Gasteiger partial charge in [-0.15, -0.1) is 0 Å². The average molecular weight is 384 g/mol. The molecule has 0 amide bonds. The fraction of sp³-hybridized carbons (Fsp3) is 0.826. The molecular formula is C23H37N5. The molecule has 4 aliphatic rings. The van der Waals surface area contributed by atoms with Gasteiger partial charge in [0.2, 0.25) is 5.95 Å². The SMILES string of the molecule is Nc1nc(NC2(CN3CCCC3)CCCCC2)c2c(n1)C1(CCCC1)CCC2. The Balaban J connectivity index is 1.48. The zero-order valence-corrected chi connectivity index (χ0v) is 17.4. The van der Waals surface area contributed by atoms with E-state index in [1.54, 1.807) is 0 Å². The summed E-state index contributed by atoms with van der Waals surface area (Å²) in [6.07, 6.45) is 18.2. The summed E-state index contributed by atoms with van der Waals surface area (Å²) in [5.74, 6) is 1.55. The molecule has 3 N–H and O–H groups in total. The predicted octanol–water partition coefficient (Wildman–Crippen LogP) is 4.42. The third kappa shape index (κ3) is 3.40. The van der Waals surface area contributed by atoms with Gasteiger partial charge < -0.3 is 16.0 Å². The van der Waals surface area contributed by atoms with Crippen LogP contribution < -0.4 is 11.1 Å². The Morgan fingerprint density at radius 2 is 1.50 bits per heavy atom. The second-order valence-corrected chi connectivity index (χ2v) is 10.0. The van der Waals surface area contributed by atoms with Crippen LogP contribution >= 0.6 is 0 Å². The number of rotatable bonds is 4. The van der Waals surface area contributed by atoms with Crippen molar-refractivity contribution in [3.05, 3.63) is 11.3 Å². The van der Waals surface area contributed by atoms with Gasteiger partial charge >= 0.3 is 0 Å². The van der Waals surface area contributed by atoms with Crippen molar-refractivity contribution in [2.75, 3.05) is 30.7 Å². The maximum absolute atomic E-state index is 6.27. The number of anilines is 2. The maximum Gasteiger partial charge on any atom is 0.222 e. The predicted molar refractivity (Wildman–Crippen MR) is 115 cm³/mol. The van der Waals surface area contributed by atoms with Crippen molar-refractivity contribution < 1.29 is 0 Å². The van der Waals surface area contributed by atoms with Crippen LogP contribution in [0.4, 0.5) is 11.8 Å². The quantitative estimate of drug-likeness (QED) is 0.806. The van der Waals surface area contributed by atoms with Crippen molar-refractivity contribution in [3.8, 4) is 0 Å². The Hall–Kier alpha value is -1.36. The molecule has 154 valence electrons. The van der Waals surface area contributed by atoms with Gasteiger partial charge in [-0.2, -0.15) is 4.98 Å². The zero-order chi connectivity index (χ0) is 19.0. The molecule has 1 saturated heterocycles. The lowest BCUT2D eigenvalue weighted by Crippen LogP contribution is -2.50. The molecule has 2 saturated carbocycles. The minimum Gasteiger partial charge on any atom is -0.368 e. The van der Waals surface area contributed by atoms with E-state index >= 15 is 0 Å². The van der Waals surface area contributed by atoms with Gasteiger partial charge in [-0.1, -0.05) is 32.1 Å². The highest BCUT2D eigenvalue weighted by Gasteiger charge is 2.43. The lowest BCUT2D eigenvalue weighted by Gasteiger charge is -2.43. The van der Waals surface area contributed by atoms with Crippen molar-refractivity contribution in [1.82, 2.24) is 14.9 Å². The molecule has 3 aliphatic carbocycles. The summed E-state index contributed by atoms with van der Waals surface area (Å²) in [5, 5.41) is 4.02.